The molecule has 0 bridgehead atoms. The van der Waals surface area contributed by atoms with Gasteiger partial charge in [0.2, 0.25) is 0 Å². The van der Waals surface area contributed by atoms with E-state index in [1.807, 2.05) is 0 Å². The van der Waals surface area contributed by atoms with E-state index in [4.69, 9.17) is 11.6 Å². The van der Waals surface area contributed by atoms with Gasteiger partial charge in [0.15, 0.2) is 11.5 Å². The summed E-state index contributed by atoms with van der Waals surface area (Å²) < 4.78 is 38.7. The number of nitrogens with zero attached hydrogens (tertiary/aromatic N) is 5. The third-order valence-electron chi connectivity index (χ3n) is 2.61. The van der Waals surface area contributed by atoms with Crippen LogP contribution in [0.2, 0.25) is 5.15 Å². The Morgan fingerprint density at radius 1 is 1.05 bits per heavy atom. The van der Waals surface area contributed by atoms with Crippen molar-refractivity contribution in [1.82, 2.24) is 24.7 Å². The molecule has 5 nitrogen and oxygen atoms in total. The minimum atomic E-state index is -4.43. The zero-order valence-corrected chi connectivity index (χ0v) is 10.4. The van der Waals surface area contributed by atoms with Gasteiger partial charge >= 0.3 is 6.18 Å². The average molecular weight is 300 g/mol. The van der Waals surface area contributed by atoms with Crippen LogP contribution in [0, 0.1) is 0 Å². The first-order valence-electron chi connectivity index (χ1n) is 5.34. The number of hydrogen-bond donors (Lipinski definition) is 0. The largest absolute Gasteiger partial charge is 0.417 e. The summed E-state index contributed by atoms with van der Waals surface area (Å²) in [5.74, 6) is 0.211. The van der Waals surface area contributed by atoms with Gasteiger partial charge in [-0.05, 0) is 12.1 Å². The van der Waals surface area contributed by atoms with Crippen LogP contribution < -0.4 is 0 Å². The van der Waals surface area contributed by atoms with Crippen molar-refractivity contribution in [3.8, 4) is 5.82 Å². The van der Waals surface area contributed by atoms with Gasteiger partial charge in [0.1, 0.15) is 11.5 Å². The fraction of sp³-hybridized carbons (Fsp3) is 0.0909. The van der Waals surface area contributed by atoms with E-state index < -0.39 is 11.7 Å². The molecule has 0 aliphatic heterocycles. The van der Waals surface area contributed by atoms with Crippen LogP contribution in [0.1, 0.15) is 5.56 Å². The van der Waals surface area contributed by atoms with Gasteiger partial charge in [-0.15, -0.1) is 0 Å². The summed E-state index contributed by atoms with van der Waals surface area (Å²) in [7, 11) is 0. The second-order valence-corrected chi connectivity index (χ2v) is 4.22. The molecule has 102 valence electrons. The zero-order valence-electron chi connectivity index (χ0n) is 9.63. The molecule has 0 fully saturated rings. The molecule has 0 amide bonds. The molecule has 0 N–H and O–H groups in total. The van der Waals surface area contributed by atoms with E-state index in [2.05, 4.69) is 20.1 Å². The minimum Gasteiger partial charge on any atom is -0.236 e. The Balaban J connectivity index is 2.10. The molecule has 0 unspecified atom stereocenters. The molecule has 0 saturated carbocycles. The summed E-state index contributed by atoms with van der Waals surface area (Å²) in [6, 6.07) is 2.14. The molecule has 0 atom stereocenters. The molecule has 3 aromatic rings. The van der Waals surface area contributed by atoms with Gasteiger partial charge in [-0.3, -0.25) is 0 Å². The van der Waals surface area contributed by atoms with Gasteiger partial charge in [-0.2, -0.15) is 23.0 Å². The normalized spacial score (nSPS) is 12.0. The Morgan fingerprint density at radius 3 is 2.50 bits per heavy atom. The summed E-state index contributed by atoms with van der Waals surface area (Å²) in [5.41, 5.74) is -0.456. The fourth-order valence-electron chi connectivity index (χ4n) is 1.66. The molecule has 0 saturated heterocycles. The maximum atomic E-state index is 12.5. The number of alkyl halides is 3. The first-order chi connectivity index (χ1) is 9.47. The molecular weight excluding hydrogens is 295 g/mol. The second-order valence-electron chi connectivity index (χ2n) is 3.86. The third kappa shape index (κ3) is 2.07. The predicted molar refractivity (Wildman–Crippen MR) is 64.5 cm³/mol. The van der Waals surface area contributed by atoms with Gasteiger partial charge in [-0.1, -0.05) is 11.6 Å². The van der Waals surface area contributed by atoms with Crippen molar-refractivity contribution < 1.29 is 13.2 Å². The standard InChI is InChI=1S/C11H5ClF3N5/c12-9-7-4-19-20(10(7)18-5-17-9)8-2-1-6(3-16-8)11(13,14)15/h1-5H. The molecule has 0 spiro atoms. The van der Waals surface area contributed by atoms with E-state index >= 15 is 0 Å². The quantitative estimate of drug-likeness (QED) is 0.648. The Kier molecular flexibility index (Phi) is 2.82. The molecule has 3 rings (SSSR count). The van der Waals surface area contributed by atoms with Gasteiger partial charge in [0, 0.05) is 6.20 Å². The van der Waals surface area contributed by atoms with Crippen LogP contribution in [-0.4, -0.2) is 24.7 Å². The summed E-state index contributed by atoms with van der Waals surface area (Å²) in [6.07, 6.45) is -1.02. The highest BCUT2D eigenvalue weighted by Gasteiger charge is 2.30. The minimum absolute atomic E-state index is 0.211. The molecule has 3 aromatic heterocycles. The predicted octanol–water partition coefficient (Wildman–Crippen LogP) is 2.88. The first-order valence-corrected chi connectivity index (χ1v) is 5.72. The third-order valence-corrected chi connectivity index (χ3v) is 2.91. The maximum Gasteiger partial charge on any atom is 0.417 e. The molecule has 9 heteroatoms. The molecule has 0 aromatic carbocycles. The van der Waals surface area contributed by atoms with E-state index in [-0.39, 0.29) is 11.0 Å². The Labute approximate surface area is 115 Å². The summed E-state index contributed by atoms with van der Waals surface area (Å²) >= 11 is 5.87. The van der Waals surface area contributed by atoms with Crippen LogP contribution in [0.15, 0.2) is 30.9 Å². The topological polar surface area (TPSA) is 56.5 Å². The van der Waals surface area contributed by atoms with E-state index in [1.165, 1.54) is 23.3 Å². The lowest BCUT2D eigenvalue weighted by Crippen LogP contribution is -2.07. The van der Waals surface area contributed by atoms with Crippen LogP contribution in [0.4, 0.5) is 13.2 Å². The van der Waals surface area contributed by atoms with Crippen LogP contribution in [0.25, 0.3) is 16.9 Å². The number of aromatic nitrogens is 5. The van der Waals surface area contributed by atoms with E-state index in [0.29, 0.717) is 11.0 Å². The van der Waals surface area contributed by atoms with Crippen LogP contribution in [0.5, 0.6) is 0 Å². The van der Waals surface area contributed by atoms with Crippen molar-refractivity contribution in [1.29, 1.82) is 0 Å². The molecule has 0 radical (unpaired) electrons. The van der Waals surface area contributed by atoms with Crippen LogP contribution >= 0.6 is 11.6 Å². The molecule has 0 aliphatic rings. The van der Waals surface area contributed by atoms with Crippen molar-refractivity contribution >= 4 is 22.6 Å². The molecule has 20 heavy (non-hydrogen) atoms. The lowest BCUT2D eigenvalue weighted by molar-refractivity contribution is -0.137. The lowest BCUT2D eigenvalue weighted by atomic mass is 10.3. The Bertz CT molecular complexity index is 766. The fourth-order valence-corrected chi connectivity index (χ4v) is 1.84. The first kappa shape index (κ1) is 12.8. The Hall–Kier alpha value is -2.22. The van der Waals surface area contributed by atoms with E-state index in [1.54, 1.807) is 0 Å². The van der Waals surface area contributed by atoms with Gasteiger partial charge in [0.25, 0.3) is 0 Å². The maximum absolute atomic E-state index is 12.5. The van der Waals surface area contributed by atoms with Crippen molar-refractivity contribution in [2.45, 2.75) is 6.18 Å². The summed E-state index contributed by atoms with van der Waals surface area (Å²) in [4.78, 5) is 11.5. The summed E-state index contributed by atoms with van der Waals surface area (Å²) in [6.45, 7) is 0. The van der Waals surface area contributed by atoms with Gasteiger partial charge in [-0.25, -0.2) is 15.0 Å². The number of rotatable bonds is 1. The van der Waals surface area contributed by atoms with Gasteiger partial charge < -0.3 is 0 Å². The number of halogens is 4. The zero-order chi connectivity index (χ0) is 14.3. The smallest absolute Gasteiger partial charge is 0.236 e. The van der Waals surface area contributed by atoms with Crippen molar-refractivity contribution in [3.05, 3.63) is 41.6 Å². The average Bonchev–Trinajstić information content (AvgIpc) is 2.83. The Morgan fingerprint density at radius 2 is 1.85 bits per heavy atom. The highest BCUT2D eigenvalue weighted by atomic mass is 35.5. The van der Waals surface area contributed by atoms with Crippen LogP contribution in [0.3, 0.4) is 0 Å². The SMILES string of the molecule is FC(F)(F)c1ccc(-n2ncc3c(Cl)ncnc32)nc1. The molecule has 0 aliphatic carbocycles. The number of hydrogen-bond acceptors (Lipinski definition) is 4. The molecular formula is C11H5ClF3N5. The van der Waals surface area contributed by atoms with Crippen molar-refractivity contribution in [2.24, 2.45) is 0 Å². The van der Waals surface area contributed by atoms with Gasteiger partial charge in [0.05, 0.1) is 17.1 Å². The molecule has 3 heterocycles. The highest BCUT2D eigenvalue weighted by Crippen LogP contribution is 2.29. The van der Waals surface area contributed by atoms with Crippen molar-refractivity contribution in [2.75, 3.05) is 0 Å². The van der Waals surface area contributed by atoms with Crippen molar-refractivity contribution in [3.63, 3.8) is 0 Å². The second kappa shape index (κ2) is 4.41. The summed E-state index contributed by atoms with van der Waals surface area (Å²) in [5, 5.41) is 4.72. The lowest BCUT2D eigenvalue weighted by Gasteiger charge is -2.07. The van der Waals surface area contributed by atoms with E-state index in [9.17, 15) is 13.2 Å². The van der Waals surface area contributed by atoms with E-state index in [0.717, 1.165) is 12.3 Å². The number of fused-ring (bicyclic) bond motifs is 1. The number of pyridine rings is 1. The van der Waals surface area contributed by atoms with Crippen LogP contribution in [-0.2, 0) is 6.18 Å². The highest BCUT2D eigenvalue weighted by molar-refractivity contribution is 6.33. The monoisotopic (exact) mass is 299 g/mol.